The Bertz CT molecular complexity index is 914. The molecule has 2 aromatic carbocycles. The van der Waals surface area contributed by atoms with Gasteiger partial charge in [-0.2, -0.15) is 5.10 Å². The van der Waals surface area contributed by atoms with Crippen molar-refractivity contribution < 1.29 is 9.13 Å². The summed E-state index contributed by atoms with van der Waals surface area (Å²) in [4.78, 5) is 0. The zero-order chi connectivity index (χ0) is 18.5. The summed E-state index contributed by atoms with van der Waals surface area (Å²) in [5.74, 6) is 0.954. The second-order valence-electron chi connectivity index (χ2n) is 5.45. The van der Waals surface area contributed by atoms with E-state index in [1.54, 1.807) is 48.2 Å². The summed E-state index contributed by atoms with van der Waals surface area (Å²) >= 11 is 11.3. The van der Waals surface area contributed by atoms with Gasteiger partial charge in [-0.1, -0.05) is 23.7 Å². The van der Waals surface area contributed by atoms with E-state index < -0.39 is 0 Å². The quantitative estimate of drug-likeness (QED) is 0.626. The molecular weight excluding hydrogens is 375 g/mol. The lowest BCUT2D eigenvalue weighted by atomic mass is 10.2. The molecule has 0 aliphatic rings. The van der Waals surface area contributed by atoms with Crippen LogP contribution in [0.15, 0.2) is 54.7 Å². The molecule has 0 bridgehead atoms. The van der Waals surface area contributed by atoms with Gasteiger partial charge in [-0.15, -0.1) is 0 Å². The molecule has 134 valence electrons. The van der Waals surface area contributed by atoms with Crippen molar-refractivity contribution >= 4 is 40.4 Å². The minimum absolute atomic E-state index is 0.260. The molecule has 2 N–H and O–H groups in total. The molecule has 5 nitrogen and oxygen atoms in total. The maximum atomic E-state index is 13.0. The number of nitrogens with zero attached hydrogens (tertiary/aromatic N) is 2. The van der Waals surface area contributed by atoms with Crippen LogP contribution in [-0.4, -0.2) is 22.0 Å². The lowest BCUT2D eigenvalue weighted by Crippen LogP contribution is -2.20. The minimum Gasteiger partial charge on any atom is -0.495 e. The molecule has 0 spiro atoms. The molecule has 0 saturated carbocycles. The first kappa shape index (κ1) is 18.2. The molecule has 3 rings (SSSR count). The van der Waals surface area contributed by atoms with Crippen molar-refractivity contribution in [3.05, 3.63) is 71.1 Å². The Kier molecular flexibility index (Phi) is 5.70. The Morgan fingerprint density at radius 1 is 1.19 bits per heavy atom. The van der Waals surface area contributed by atoms with Crippen LogP contribution in [-0.2, 0) is 6.54 Å². The SMILES string of the molecule is COc1ccc(Cl)cc1NC(=S)Nc1ccn(Cc2ccc(F)cc2)n1. The van der Waals surface area contributed by atoms with Gasteiger partial charge in [0.1, 0.15) is 11.6 Å². The average Bonchev–Trinajstić information content (AvgIpc) is 3.04. The zero-order valence-corrected chi connectivity index (χ0v) is 15.4. The summed E-state index contributed by atoms with van der Waals surface area (Å²) in [7, 11) is 1.57. The topological polar surface area (TPSA) is 51.1 Å². The van der Waals surface area contributed by atoms with Crippen molar-refractivity contribution in [3.8, 4) is 5.75 Å². The lowest BCUT2D eigenvalue weighted by Gasteiger charge is -2.12. The van der Waals surface area contributed by atoms with Crippen LogP contribution >= 0.6 is 23.8 Å². The lowest BCUT2D eigenvalue weighted by molar-refractivity contribution is 0.417. The van der Waals surface area contributed by atoms with Crippen molar-refractivity contribution in [1.82, 2.24) is 9.78 Å². The molecule has 0 radical (unpaired) electrons. The molecule has 3 aromatic rings. The second kappa shape index (κ2) is 8.16. The zero-order valence-electron chi connectivity index (χ0n) is 13.9. The van der Waals surface area contributed by atoms with Crippen LogP contribution in [0, 0.1) is 5.82 Å². The first-order valence-electron chi connectivity index (χ1n) is 7.73. The highest BCUT2D eigenvalue weighted by molar-refractivity contribution is 7.80. The fourth-order valence-electron chi connectivity index (χ4n) is 2.34. The van der Waals surface area contributed by atoms with Gasteiger partial charge >= 0.3 is 0 Å². The normalized spacial score (nSPS) is 10.4. The summed E-state index contributed by atoms with van der Waals surface area (Å²) < 4.78 is 20.0. The van der Waals surface area contributed by atoms with E-state index in [9.17, 15) is 4.39 Å². The molecule has 0 saturated heterocycles. The van der Waals surface area contributed by atoms with Gasteiger partial charge in [0, 0.05) is 17.3 Å². The van der Waals surface area contributed by atoms with Crippen molar-refractivity contribution in [1.29, 1.82) is 0 Å². The Labute approximate surface area is 160 Å². The number of thiocarbonyl (C=S) groups is 1. The molecule has 1 heterocycles. The van der Waals surface area contributed by atoms with Crippen LogP contribution in [0.3, 0.4) is 0 Å². The summed E-state index contributed by atoms with van der Waals surface area (Å²) in [5, 5.41) is 11.4. The van der Waals surface area contributed by atoms with Crippen LogP contribution in [0.1, 0.15) is 5.56 Å². The van der Waals surface area contributed by atoms with Gasteiger partial charge in [0.25, 0.3) is 0 Å². The van der Waals surface area contributed by atoms with Crippen LogP contribution < -0.4 is 15.4 Å². The van der Waals surface area contributed by atoms with Crippen LogP contribution in [0.25, 0.3) is 0 Å². The van der Waals surface area contributed by atoms with E-state index in [-0.39, 0.29) is 5.82 Å². The number of rotatable bonds is 5. The van der Waals surface area contributed by atoms with E-state index in [0.29, 0.717) is 33.9 Å². The summed E-state index contributed by atoms with van der Waals surface area (Å²) in [6.07, 6.45) is 1.81. The van der Waals surface area contributed by atoms with Gasteiger partial charge in [-0.25, -0.2) is 4.39 Å². The molecule has 0 fully saturated rings. The molecule has 0 aliphatic heterocycles. The Morgan fingerprint density at radius 2 is 1.96 bits per heavy atom. The predicted octanol–water partition coefficient (Wildman–Crippen LogP) is 4.54. The molecule has 0 unspecified atom stereocenters. The molecule has 0 amide bonds. The third-order valence-electron chi connectivity index (χ3n) is 3.55. The van der Waals surface area contributed by atoms with Gasteiger partial charge in [0.05, 0.1) is 19.3 Å². The van der Waals surface area contributed by atoms with Gasteiger partial charge in [0.2, 0.25) is 0 Å². The standard InChI is InChI=1S/C18H16ClFN4OS/c1-25-16-7-4-13(19)10-15(16)21-18(26)22-17-8-9-24(23-17)11-12-2-5-14(20)6-3-12/h2-10H,11H2,1H3,(H2,21,22,23,26). The predicted molar refractivity (Wildman–Crippen MR) is 106 cm³/mol. The minimum atomic E-state index is -0.260. The number of hydrogen-bond acceptors (Lipinski definition) is 3. The highest BCUT2D eigenvalue weighted by Gasteiger charge is 2.08. The molecule has 0 aliphatic carbocycles. The van der Waals surface area contributed by atoms with Crippen LogP contribution in [0.5, 0.6) is 5.75 Å². The molecular formula is C18H16ClFN4OS. The van der Waals surface area contributed by atoms with E-state index in [0.717, 1.165) is 5.56 Å². The smallest absolute Gasteiger partial charge is 0.176 e. The Hall–Kier alpha value is -2.64. The summed E-state index contributed by atoms with van der Waals surface area (Å²) in [5.41, 5.74) is 1.61. The third kappa shape index (κ3) is 4.71. The average molecular weight is 391 g/mol. The monoisotopic (exact) mass is 390 g/mol. The molecule has 26 heavy (non-hydrogen) atoms. The number of halogens is 2. The first-order chi connectivity index (χ1) is 12.5. The number of aromatic nitrogens is 2. The maximum Gasteiger partial charge on any atom is 0.176 e. The van der Waals surface area contributed by atoms with E-state index in [2.05, 4.69) is 15.7 Å². The van der Waals surface area contributed by atoms with Crippen molar-refractivity contribution in [2.45, 2.75) is 6.54 Å². The van der Waals surface area contributed by atoms with Crippen molar-refractivity contribution in [2.75, 3.05) is 17.7 Å². The number of benzene rings is 2. The number of ether oxygens (including phenoxy) is 1. The number of nitrogens with one attached hydrogen (secondary N) is 2. The number of hydrogen-bond donors (Lipinski definition) is 2. The fraction of sp³-hybridized carbons (Fsp3) is 0.111. The molecule has 1 aromatic heterocycles. The fourth-order valence-corrected chi connectivity index (χ4v) is 2.73. The van der Waals surface area contributed by atoms with Gasteiger partial charge in [0.15, 0.2) is 10.9 Å². The summed E-state index contributed by atoms with van der Waals surface area (Å²) in [6.45, 7) is 0.532. The van der Waals surface area contributed by atoms with E-state index >= 15 is 0 Å². The third-order valence-corrected chi connectivity index (χ3v) is 3.99. The van der Waals surface area contributed by atoms with Crippen LogP contribution in [0.4, 0.5) is 15.9 Å². The van der Waals surface area contributed by atoms with Gasteiger partial charge in [-0.3, -0.25) is 4.68 Å². The second-order valence-corrected chi connectivity index (χ2v) is 6.29. The van der Waals surface area contributed by atoms with Crippen LogP contribution in [0.2, 0.25) is 5.02 Å². The number of methoxy groups -OCH3 is 1. The summed E-state index contributed by atoms with van der Waals surface area (Å²) in [6, 6.07) is 13.3. The molecule has 8 heteroatoms. The first-order valence-corrected chi connectivity index (χ1v) is 8.51. The van der Waals surface area contributed by atoms with Gasteiger partial charge in [-0.05, 0) is 48.1 Å². The van der Waals surface area contributed by atoms with Crippen molar-refractivity contribution in [2.24, 2.45) is 0 Å². The van der Waals surface area contributed by atoms with E-state index in [1.807, 2.05) is 6.20 Å². The molecule has 0 atom stereocenters. The largest absolute Gasteiger partial charge is 0.495 e. The van der Waals surface area contributed by atoms with Crippen molar-refractivity contribution in [3.63, 3.8) is 0 Å². The van der Waals surface area contributed by atoms with E-state index in [4.69, 9.17) is 28.6 Å². The van der Waals surface area contributed by atoms with E-state index in [1.165, 1.54) is 12.1 Å². The highest BCUT2D eigenvalue weighted by atomic mass is 35.5. The maximum absolute atomic E-state index is 13.0. The Morgan fingerprint density at radius 3 is 2.69 bits per heavy atom. The van der Waals surface area contributed by atoms with Gasteiger partial charge < -0.3 is 15.4 Å². The highest BCUT2D eigenvalue weighted by Crippen LogP contribution is 2.27. The number of anilines is 2. The Balaban J connectivity index is 1.62.